The third-order valence-corrected chi connectivity index (χ3v) is 4.42. The first kappa shape index (κ1) is 17.7. The van der Waals surface area contributed by atoms with Crippen LogP contribution in [0, 0.1) is 6.92 Å². The third-order valence-electron chi connectivity index (χ3n) is 4.42. The fraction of sp³-hybridized carbons (Fsp3) is 0.200. The van der Waals surface area contributed by atoms with Crippen LogP contribution in [0.2, 0.25) is 0 Å². The van der Waals surface area contributed by atoms with E-state index in [1.54, 1.807) is 24.8 Å². The molecular formula is C20H21N7O. The molecular weight excluding hydrogens is 354 g/mol. The van der Waals surface area contributed by atoms with Crippen molar-refractivity contribution in [2.45, 2.75) is 19.9 Å². The van der Waals surface area contributed by atoms with Gasteiger partial charge in [0.05, 0.1) is 23.6 Å². The molecule has 28 heavy (non-hydrogen) atoms. The summed E-state index contributed by atoms with van der Waals surface area (Å²) in [6, 6.07) is 9.48. The number of aromatic nitrogens is 5. The quantitative estimate of drug-likeness (QED) is 0.431. The summed E-state index contributed by atoms with van der Waals surface area (Å²) in [6.07, 6.45) is 8.01. The molecule has 0 aliphatic heterocycles. The first-order chi connectivity index (χ1) is 13.7. The zero-order chi connectivity index (χ0) is 19.3. The molecule has 3 N–H and O–H groups in total. The maximum Gasteiger partial charge on any atom is 0.255 e. The number of nitrogens with zero attached hydrogens (tertiary/aromatic N) is 4. The second-order valence-electron chi connectivity index (χ2n) is 6.56. The molecule has 0 spiro atoms. The zero-order valence-electron chi connectivity index (χ0n) is 15.5. The fourth-order valence-corrected chi connectivity index (χ4v) is 2.96. The number of fused-ring (bicyclic) bond motifs is 1. The summed E-state index contributed by atoms with van der Waals surface area (Å²) >= 11 is 0. The number of H-pyrrole nitrogens is 1. The molecule has 8 heteroatoms. The van der Waals surface area contributed by atoms with Gasteiger partial charge < -0.3 is 15.2 Å². The summed E-state index contributed by atoms with van der Waals surface area (Å²) in [7, 11) is 0. The van der Waals surface area contributed by atoms with Gasteiger partial charge in [0.25, 0.3) is 5.91 Å². The zero-order valence-corrected chi connectivity index (χ0v) is 15.5. The molecule has 1 amide bonds. The highest BCUT2D eigenvalue weighted by atomic mass is 16.1. The van der Waals surface area contributed by atoms with E-state index in [1.807, 2.05) is 42.0 Å². The number of hydrogen-bond donors (Lipinski definition) is 3. The standard InChI is InChI=1S/C20H21N7O/c1-14-3-6-17(20(28)22-7-2-9-27-10-8-21-13-27)19(24-14)25-16-5-4-15-12-23-26-18(15)11-16/h3-6,8,10-13H,2,7,9H2,1H3,(H,22,28)(H,23,26)(H,24,25). The average molecular weight is 375 g/mol. The van der Waals surface area contributed by atoms with Crippen LogP contribution in [0.3, 0.4) is 0 Å². The number of carbonyl (C=O) groups excluding carboxylic acids is 1. The molecule has 0 unspecified atom stereocenters. The number of pyridine rings is 1. The Labute approximate surface area is 162 Å². The minimum absolute atomic E-state index is 0.150. The fourth-order valence-electron chi connectivity index (χ4n) is 2.96. The lowest BCUT2D eigenvalue weighted by atomic mass is 10.2. The van der Waals surface area contributed by atoms with Crippen LogP contribution < -0.4 is 10.6 Å². The van der Waals surface area contributed by atoms with E-state index in [0.29, 0.717) is 17.9 Å². The molecule has 0 saturated carbocycles. The maximum atomic E-state index is 12.7. The minimum Gasteiger partial charge on any atom is -0.352 e. The molecule has 0 atom stereocenters. The monoisotopic (exact) mass is 375 g/mol. The van der Waals surface area contributed by atoms with Crippen molar-refractivity contribution in [1.82, 2.24) is 30.0 Å². The Balaban J connectivity index is 1.45. The summed E-state index contributed by atoms with van der Waals surface area (Å²) in [5.74, 6) is 0.384. The summed E-state index contributed by atoms with van der Waals surface area (Å²) in [4.78, 5) is 21.2. The van der Waals surface area contributed by atoms with E-state index in [0.717, 1.165) is 35.2 Å². The molecule has 142 valence electrons. The summed E-state index contributed by atoms with van der Waals surface area (Å²) in [5.41, 5.74) is 3.10. The van der Waals surface area contributed by atoms with Gasteiger partial charge in [-0.2, -0.15) is 5.10 Å². The van der Waals surface area contributed by atoms with Gasteiger partial charge in [-0.05, 0) is 43.7 Å². The number of hydrogen-bond acceptors (Lipinski definition) is 5. The first-order valence-corrected chi connectivity index (χ1v) is 9.11. The van der Waals surface area contributed by atoms with Crippen molar-refractivity contribution >= 4 is 28.3 Å². The molecule has 8 nitrogen and oxygen atoms in total. The number of aromatic amines is 1. The average Bonchev–Trinajstić information content (AvgIpc) is 3.36. The van der Waals surface area contributed by atoms with Crippen molar-refractivity contribution in [3.63, 3.8) is 0 Å². The Hall–Kier alpha value is -3.68. The molecule has 3 aromatic heterocycles. The Bertz CT molecular complexity index is 1090. The highest BCUT2D eigenvalue weighted by molar-refractivity contribution is 5.99. The topological polar surface area (TPSA) is 101 Å². The van der Waals surface area contributed by atoms with Gasteiger partial charge in [0.1, 0.15) is 5.82 Å². The van der Waals surface area contributed by atoms with Crippen LogP contribution in [0.25, 0.3) is 10.9 Å². The van der Waals surface area contributed by atoms with Gasteiger partial charge in [0.15, 0.2) is 0 Å². The Morgan fingerprint density at radius 1 is 1.25 bits per heavy atom. The van der Waals surface area contributed by atoms with Crippen molar-refractivity contribution < 1.29 is 4.79 Å². The lowest BCUT2D eigenvalue weighted by Gasteiger charge is -2.12. The van der Waals surface area contributed by atoms with Crippen LogP contribution in [-0.4, -0.2) is 37.2 Å². The number of rotatable bonds is 7. The van der Waals surface area contributed by atoms with Gasteiger partial charge in [-0.25, -0.2) is 9.97 Å². The van der Waals surface area contributed by atoms with Gasteiger partial charge in [0.2, 0.25) is 0 Å². The minimum atomic E-state index is -0.150. The lowest BCUT2D eigenvalue weighted by Crippen LogP contribution is -2.26. The van der Waals surface area contributed by atoms with Gasteiger partial charge in [-0.3, -0.25) is 9.89 Å². The van der Waals surface area contributed by atoms with Crippen LogP contribution in [0.15, 0.2) is 55.2 Å². The van der Waals surface area contributed by atoms with E-state index < -0.39 is 0 Å². The predicted octanol–water partition coefficient (Wildman–Crippen LogP) is 3.03. The molecule has 0 bridgehead atoms. The largest absolute Gasteiger partial charge is 0.352 e. The normalized spacial score (nSPS) is 10.9. The van der Waals surface area contributed by atoms with Crippen LogP contribution in [0.4, 0.5) is 11.5 Å². The Kier molecular flexibility index (Phi) is 5.01. The van der Waals surface area contributed by atoms with E-state index in [4.69, 9.17) is 0 Å². The predicted molar refractivity (Wildman–Crippen MR) is 108 cm³/mol. The second kappa shape index (κ2) is 7.91. The maximum absolute atomic E-state index is 12.7. The van der Waals surface area contributed by atoms with Crippen molar-refractivity contribution in [3.05, 3.63) is 66.5 Å². The number of carbonyl (C=O) groups is 1. The van der Waals surface area contributed by atoms with E-state index in [1.165, 1.54) is 0 Å². The number of amides is 1. The Morgan fingerprint density at radius 3 is 3.04 bits per heavy atom. The number of nitrogens with one attached hydrogen (secondary N) is 3. The highest BCUT2D eigenvalue weighted by Gasteiger charge is 2.13. The smallest absolute Gasteiger partial charge is 0.255 e. The molecule has 0 radical (unpaired) electrons. The van der Waals surface area contributed by atoms with Crippen molar-refractivity contribution in [2.24, 2.45) is 0 Å². The van der Waals surface area contributed by atoms with Gasteiger partial charge in [0, 0.05) is 42.3 Å². The molecule has 0 aliphatic carbocycles. The molecule has 0 fully saturated rings. The molecule has 1 aromatic carbocycles. The van der Waals surface area contributed by atoms with Crippen molar-refractivity contribution in [1.29, 1.82) is 0 Å². The van der Waals surface area contributed by atoms with Crippen molar-refractivity contribution in [2.75, 3.05) is 11.9 Å². The van der Waals surface area contributed by atoms with Gasteiger partial charge >= 0.3 is 0 Å². The van der Waals surface area contributed by atoms with Crippen LogP contribution >= 0.6 is 0 Å². The highest BCUT2D eigenvalue weighted by Crippen LogP contribution is 2.22. The van der Waals surface area contributed by atoms with E-state index in [2.05, 4.69) is 30.8 Å². The van der Waals surface area contributed by atoms with Gasteiger partial charge in [-0.1, -0.05) is 0 Å². The third kappa shape index (κ3) is 4.01. The van der Waals surface area contributed by atoms with Gasteiger partial charge in [-0.15, -0.1) is 0 Å². The molecule has 4 rings (SSSR count). The molecule has 4 aromatic rings. The number of benzene rings is 1. The summed E-state index contributed by atoms with van der Waals surface area (Å²) in [5, 5.41) is 14.2. The van der Waals surface area contributed by atoms with Crippen LogP contribution in [0.1, 0.15) is 22.5 Å². The van der Waals surface area contributed by atoms with E-state index >= 15 is 0 Å². The lowest BCUT2D eigenvalue weighted by molar-refractivity contribution is 0.0953. The van der Waals surface area contributed by atoms with E-state index in [-0.39, 0.29) is 5.91 Å². The van der Waals surface area contributed by atoms with Crippen molar-refractivity contribution in [3.8, 4) is 0 Å². The Morgan fingerprint density at radius 2 is 2.18 bits per heavy atom. The number of anilines is 2. The molecule has 3 heterocycles. The van der Waals surface area contributed by atoms with Crippen LogP contribution in [-0.2, 0) is 6.54 Å². The molecule has 0 saturated heterocycles. The second-order valence-corrected chi connectivity index (χ2v) is 6.56. The number of imidazole rings is 1. The van der Waals surface area contributed by atoms with E-state index in [9.17, 15) is 4.79 Å². The molecule has 0 aliphatic rings. The van der Waals surface area contributed by atoms with Crippen LogP contribution in [0.5, 0.6) is 0 Å². The first-order valence-electron chi connectivity index (χ1n) is 9.11. The summed E-state index contributed by atoms with van der Waals surface area (Å²) < 4.78 is 1.98. The summed E-state index contributed by atoms with van der Waals surface area (Å²) in [6.45, 7) is 3.28. The SMILES string of the molecule is Cc1ccc(C(=O)NCCCn2ccnc2)c(Nc2ccc3cn[nH]c3c2)n1. The number of aryl methyl sites for hydroxylation is 2.